The molecule has 0 atom stereocenters. The van der Waals surface area contributed by atoms with Crippen LogP contribution in [-0.4, -0.2) is 17.1 Å². The third kappa shape index (κ3) is 2.23. The molecule has 3 aromatic rings. The van der Waals surface area contributed by atoms with Crippen LogP contribution in [0.3, 0.4) is 0 Å². The molecule has 3 heteroatoms. The highest BCUT2D eigenvalue weighted by atomic mass is 16.5. The third-order valence-corrected chi connectivity index (χ3v) is 3.66. The lowest BCUT2D eigenvalue weighted by Gasteiger charge is -2.18. The number of aryl methyl sites for hydroxylation is 1. The van der Waals surface area contributed by atoms with Gasteiger partial charge in [0.1, 0.15) is 5.75 Å². The number of H-pyrrole nitrogens is 2. The molecule has 2 N–H and O–H groups in total. The van der Waals surface area contributed by atoms with Gasteiger partial charge in [0, 0.05) is 23.8 Å². The van der Waals surface area contributed by atoms with E-state index in [4.69, 9.17) is 4.74 Å². The van der Waals surface area contributed by atoms with E-state index in [0.29, 0.717) is 0 Å². The van der Waals surface area contributed by atoms with Crippen molar-refractivity contribution < 1.29 is 4.74 Å². The van der Waals surface area contributed by atoms with Gasteiger partial charge in [-0.2, -0.15) is 0 Å². The minimum Gasteiger partial charge on any atom is -0.497 e. The van der Waals surface area contributed by atoms with Gasteiger partial charge in [0.05, 0.1) is 13.0 Å². The standard InChI is InChI=1S/C17H18N2O/c1-12-7-8-13(20-2)11-14(12)17(15-5-3-9-18-15)16-6-4-10-19-16/h3-11,17-19H,1-2H3. The monoisotopic (exact) mass is 266 g/mol. The van der Waals surface area contributed by atoms with Crippen molar-refractivity contribution in [3.8, 4) is 5.75 Å². The molecular formula is C17H18N2O. The van der Waals surface area contributed by atoms with Crippen LogP contribution in [0.25, 0.3) is 0 Å². The maximum atomic E-state index is 5.37. The highest BCUT2D eigenvalue weighted by molar-refractivity contribution is 5.45. The van der Waals surface area contributed by atoms with E-state index in [2.05, 4.69) is 41.2 Å². The average molecular weight is 266 g/mol. The quantitative estimate of drug-likeness (QED) is 0.740. The molecule has 0 aliphatic carbocycles. The van der Waals surface area contributed by atoms with Crippen LogP contribution in [0.5, 0.6) is 5.75 Å². The van der Waals surface area contributed by atoms with Crippen LogP contribution >= 0.6 is 0 Å². The van der Waals surface area contributed by atoms with Gasteiger partial charge >= 0.3 is 0 Å². The summed E-state index contributed by atoms with van der Waals surface area (Å²) in [5.41, 5.74) is 4.84. The molecule has 0 saturated heterocycles. The van der Waals surface area contributed by atoms with Crippen molar-refractivity contribution in [3.05, 3.63) is 77.4 Å². The summed E-state index contributed by atoms with van der Waals surface area (Å²) >= 11 is 0. The number of hydrogen-bond acceptors (Lipinski definition) is 1. The maximum Gasteiger partial charge on any atom is 0.119 e. The Morgan fingerprint density at radius 1 is 0.950 bits per heavy atom. The topological polar surface area (TPSA) is 40.8 Å². The molecule has 3 nitrogen and oxygen atoms in total. The largest absolute Gasteiger partial charge is 0.497 e. The van der Waals surface area contributed by atoms with Crippen molar-refractivity contribution in [1.82, 2.24) is 9.97 Å². The van der Waals surface area contributed by atoms with E-state index < -0.39 is 0 Å². The Kier molecular flexibility index (Phi) is 3.33. The van der Waals surface area contributed by atoms with Crippen LogP contribution in [0.4, 0.5) is 0 Å². The van der Waals surface area contributed by atoms with Crippen LogP contribution in [0, 0.1) is 6.92 Å². The van der Waals surface area contributed by atoms with Crippen molar-refractivity contribution in [2.24, 2.45) is 0 Å². The second-order valence-corrected chi connectivity index (χ2v) is 4.91. The van der Waals surface area contributed by atoms with Crippen LogP contribution < -0.4 is 4.74 Å². The summed E-state index contributed by atoms with van der Waals surface area (Å²) in [5, 5.41) is 0. The first-order valence-electron chi connectivity index (χ1n) is 6.70. The zero-order valence-corrected chi connectivity index (χ0v) is 11.7. The fraction of sp³-hybridized carbons (Fsp3) is 0.176. The Hall–Kier alpha value is -2.42. The molecule has 0 amide bonds. The number of ether oxygens (including phenoxy) is 1. The molecule has 0 aliphatic rings. The molecule has 0 fully saturated rings. The fourth-order valence-corrected chi connectivity index (χ4v) is 2.61. The fourth-order valence-electron chi connectivity index (χ4n) is 2.61. The number of aromatic amines is 2. The molecule has 2 aromatic heterocycles. The van der Waals surface area contributed by atoms with Crippen LogP contribution in [-0.2, 0) is 0 Å². The predicted octanol–water partition coefficient (Wildman–Crippen LogP) is 3.84. The first kappa shape index (κ1) is 12.6. The lowest BCUT2D eigenvalue weighted by molar-refractivity contribution is 0.414. The van der Waals surface area contributed by atoms with E-state index in [0.717, 1.165) is 5.75 Å². The molecule has 0 bridgehead atoms. The van der Waals surface area contributed by atoms with E-state index in [9.17, 15) is 0 Å². The molecule has 2 heterocycles. The molecule has 0 aliphatic heterocycles. The number of hydrogen-bond donors (Lipinski definition) is 2. The number of aromatic nitrogens is 2. The summed E-state index contributed by atoms with van der Waals surface area (Å²) in [6, 6.07) is 14.5. The summed E-state index contributed by atoms with van der Waals surface area (Å²) in [6.07, 6.45) is 3.92. The summed E-state index contributed by atoms with van der Waals surface area (Å²) in [4.78, 5) is 6.66. The van der Waals surface area contributed by atoms with Crippen molar-refractivity contribution in [3.63, 3.8) is 0 Å². The molecule has 1 aromatic carbocycles. The molecule has 20 heavy (non-hydrogen) atoms. The van der Waals surface area contributed by atoms with Gasteiger partial charge in [-0.05, 0) is 54.4 Å². The zero-order chi connectivity index (χ0) is 13.9. The number of methoxy groups -OCH3 is 1. The zero-order valence-electron chi connectivity index (χ0n) is 11.7. The minimum absolute atomic E-state index is 0.162. The Morgan fingerprint density at radius 2 is 1.60 bits per heavy atom. The van der Waals surface area contributed by atoms with E-state index in [1.807, 2.05) is 30.6 Å². The Bertz CT molecular complexity index is 635. The van der Waals surface area contributed by atoms with Gasteiger partial charge in [-0.1, -0.05) is 6.07 Å². The highest BCUT2D eigenvalue weighted by Crippen LogP contribution is 2.33. The van der Waals surface area contributed by atoms with Crippen LogP contribution in [0.15, 0.2) is 54.9 Å². The third-order valence-electron chi connectivity index (χ3n) is 3.66. The first-order chi connectivity index (χ1) is 9.79. The summed E-state index contributed by atoms with van der Waals surface area (Å²) in [6.45, 7) is 2.13. The lowest BCUT2D eigenvalue weighted by atomic mass is 9.89. The Labute approximate surface area is 118 Å². The molecule has 0 unspecified atom stereocenters. The van der Waals surface area contributed by atoms with E-state index in [1.165, 1.54) is 22.5 Å². The second-order valence-electron chi connectivity index (χ2n) is 4.91. The Morgan fingerprint density at radius 3 is 2.10 bits per heavy atom. The van der Waals surface area contributed by atoms with Gasteiger partial charge in [0.25, 0.3) is 0 Å². The van der Waals surface area contributed by atoms with E-state index in [1.54, 1.807) is 7.11 Å². The maximum absolute atomic E-state index is 5.37. The predicted molar refractivity (Wildman–Crippen MR) is 80.3 cm³/mol. The smallest absolute Gasteiger partial charge is 0.119 e. The van der Waals surface area contributed by atoms with Gasteiger partial charge in [-0.3, -0.25) is 0 Å². The molecule has 102 valence electrons. The van der Waals surface area contributed by atoms with Crippen molar-refractivity contribution in [2.75, 3.05) is 7.11 Å². The average Bonchev–Trinajstić information content (AvgIpc) is 3.15. The van der Waals surface area contributed by atoms with Crippen LogP contribution in [0.1, 0.15) is 28.4 Å². The summed E-state index contributed by atoms with van der Waals surface area (Å²) < 4.78 is 5.37. The van der Waals surface area contributed by atoms with Gasteiger partial charge in [0.2, 0.25) is 0 Å². The molecule has 3 rings (SSSR count). The molecule has 0 radical (unpaired) electrons. The molecule has 0 saturated carbocycles. The first-order valence-corrected chi connectivity index (χ1v) is 6.70. The molecular weight excluding hydrogens is 248 g/mol. The van der Waals surface area contributed by atoms with Gasteiger partial charge in [-0.25, -0.2) is 0 Å². The number of rotatable bonds is 4. The van der Waals surface area contributed by atoms with Gasteiger partial charge in [-0.15, -0.1) is 0 Å². The van der Waals surface area contributed by atoms with E-state index >= 15 is 0 Å². The summed E-state index contributed by atoms with van der Waals surface area (Å²) in [7, 11) is 1.70. The summed E-state index contributed by atoms with van der Waals surface area (Å²) in [5.74, 6) is 1.05. The van der Waals surface area contributed by atoms with Gasteiger partial charge in [0.15, 0.2) is 0 Å². The lowest BCUT2D eigenvalue weighted by Crippen LogP contribution is -2.06. The van der Waals surface area contributed by atoms with Crippen LogP contribution in [0.2, 0.25) is 0 Å². The Balaban J connectivity index is 2.15. The van der Waals surface area contributed by atoms with Gasteiger partial charge < -0.3 is 14.7 Å². The van der Waals surface area contributed by atoms with E-state index in [-0.39, 0.29) is 5.92 Å². The minimum atomic E-state index is 0.162. The van der Waals surface area contributed by atoms with Crippen molar-refractivity contribution in [2.45, 2.75) is 12.8 Å². The van der Waals surface area contributed by atoms with Crippen molar-refractivity contribution >= 4 is 0 Å². The number of nitrogens with one attached hydrogen (secondary N) is 2. The second kappa shape index (κ2) is 5.29. The highest BCUT2D eigenvalue weighted by Gasteiger charge is 2.20. The normalized spacial score (nSPS) is 10.9. The van der Waals surface area contributed by atoms with Crippen molar-refractivity contribution in [1.29, 1.82) is 0 Å². The molecule has 0 spiro atoms. The SMILES string of the molecule is COc1ccc(C)c(C(c2ccc[nH]2)c2ccc[nH]2)c1. The number of benzene rings is 1.